The Morgan fingerprint density at radius 2 is 1.74 bits per heavy atom. The molecule has 1 saturated carbocycles. The molecule has 1 aliphatic carbocycles. The number of nitrogens with one attached hydrogen (secondary N) is 1. The number of hydrogen-bond acceptors (Lipinski definition) is 3. The third-order valence-electron chi connectivity index (χ3n) is 3.48. The van der Waals surface area contributed by atoms with Crippen molar-refractivity contribution in [1.29, 1.82) is 0 Å². The molecule has 0 bridgehead atoms. The van der Waals surface area contributed by atoms with Crippen LogP contribution in [0.2, 0.25) is 0 Å². The molecule has 0 radical (unpaired) electrons. The number of rotatable bonds is 7. The molecule has 0 saturated heterocycles. The highest BCUT2D eigenvalue weighted by molar-refractivity contribution is 5.94. The van der Waals surface area contributed by atoms with Gasteiger partial charge in [0.25, 0.3) is 0 Å². The summed E-state index contributed by atoms with van der Waals surface area (Å²) in [6, 6.07) is 13.1. The molecule has 0 aliphatic heterocycles. The highest BCUT2D eigenvalue weighted by atomic mass is 19.1. The van der Waals surface area contributed by atoms with Crippen LogP contribution in [-0.2, 0) is 4.79 Å². The van der Waals surface area contributed by atoms with E-state index in [4.69, 9.17) is 9.47 Å². The summed E-state index contributed by atoms with van der Waals surface area (Å²) in [5, 5.41) is 2.88. The Balaban J connectivity index is 1.44. The topological polar surface area (TPSA) is 47.6 Å². The maximum absolute atomic E-state index is 12.8. The molecule has 0 spiro atoms. The molecular weight excluding hydrogens is 297 g/mol. The van der Waals surface area contributed by atoms with Gasteiger partial charge in [-0.2, -0.15) is 0 Å². The summed E-state index contributed by atoms with van der Waals surface area (Å²) in [5.74, 6) is 1.21. The molecule has 2 aromatic carbocycles. The lowest BCUT2D eigenvalue weighted by Crippen LogP contribution is -2.13. The summed E-state index contributed by atoms with van der Waals surface area (Å²) in [6.45, 7) is 0.710. The van der Waals surface area contributed by atoms with Crippen LogP contribution < -0.4 is 14.8 Å². The molecule has 1 amide bonds. The van der Waals surface area contributed by atoms with Gasteiger partial charge in [-0.1, -0.05) is 6.07 Å². The van der Waals surface area contributed by atoms with Gasteiger partial charge < -0.3 is 14.8 Å². The van der Waals surface area contributed by atoms with Crippen molar-refractivity contribution in [3.8, 4) is 11.5 Å². The van der Waals surface area contributed by atoms with Crippen molar-refractivity contribution in [3.63, 3.8) is 0 Å². The van der Waals surface area contributed by atoms with Crippen LogP contribution in [0, 0.1) is 11.7 Å². The summed E-state index contributed by atoms with van der Waals surface area (Å²) >= 11 is 0. The normalized spacial score (nSPS) is 13.4. The monoisotopic (exact) mass is 315 g/mol. The summed E-state index contributed by atoms with van der Waals surface area (Å²) in [4.78, 5) is 11.7. The number of amides is 1. The van der Waals surface area contributed by atoms with Gasteiger partial charge >= 0.3 is 0 Å². The van der Waals surface area contributed by atoms with Crippen LogP contribution in [0.1, 0.15) is 12.8 Å². The van der Waals surface area contributed by atoms with Crippen molar-refractivity contribution in [3.05, 3.63) is 54.3 Å². The summed E-state index contributed by atoms with van der Waals surface area (Å²) in [7, 11) is 0. The predicted molar refractivity (Wildman–Crippen MR) is 85.2 cm³/mol. The van der Waals surface area contributed by atoms with Crippen molar-refractivity contribution < 1.29 is 18.7 Å². The van der Waals surface area contributed by atoms with E-state index in [2.05, 4.69) is 5.32 Å². The zero-order valence-electron chi connectivity index (χ0n) is 12.6. The van der Waals surface area contributed by atoms with Crippen LogP contribution in [0.4, 0.5) is 10.1 Å². The van der Waals surface area contributed by atoms with Gasteiger partial charge in [0.05, 0.1) is 0 Å². The third-order valence-corrected chi connectivity index (χ3v) is 3.48. The second-order valence-electron chi connectivity index (χ2n) is 5.44. The van der Waals surface area contributed by atoms with E-state index in [-0.39, 0.29) is 17.6 Å². The molecule has 0 unspecified atom stereocenters. The van der Waals surface area contributed by atoms with Crippen LogP contribution in [-0.4, -0.2) is 19.1 Å². The van der Waals surface area contributed by atoms with Crippen molar-refractivity contribution in [2.24, 2.45) is 5.92 Å². The Hall–Kier alpha value is -2.56. The molecule has 0 aromatic heterocycles. The summed E-state index contributed by atoms with van der Waals surface area (Å²) < 4.78 is 23.8. The van der Waals surface area contributed by atoms with Gasteiger partial charge in [-0.25, -0.2) is 4.39 Å². The number of anilines is 1. The molecule has 2 aromatic rings. The molecular formula is C18H18FNO3. The number of carbonyl (C=O) groups is 1. The lowest BCUT2D eigenvalue weighted by atomic mass is 10.3. The van der Waals surface area contributed by atoms with Gasteiger partial charge in [-0.05, 0) is 49.2 Å². The fourth-order valence-electron chi connectivity index (χ4n) is 2.10. The van der Waals surface area contributed by atoms with Gasteiger partial charge in [0.2, 0.25) is 5.91 Å². The molecule has 120 valence electrons. The van der Waals surface area contributed by atoms with Gasteiger partial charge in [0.1, 0.15) is 30.5 Å². The minimum absolute atomic E-state index is 0.0711. The number of benzene rings is 2. The molecule has 23 heavy (non-hydrogen) atoms. The standard InChI is InChI=1S/C18H18FNO3/c19-14-6-8-16(9-7-14)22-10-11-23-17-3-1-2-15(12-17)20-18(21)13-4-5-13/h1-3,6-9,12-13H,4-5,10-11H2,(H,20,21). The first-order valence-electron chi connectivity index (χ1n) is 7.63. The number of carbonyl (C=O) groups excluding carboxylic acids is 1. The molecule has 5 heteroatoms. The van der Waals surface area contributed by atoms with Crippen LogP contribution in [0.5, 0.6) is 11.5 Å². The number of hydrogen-bond donors (Lipinski definition) is 1. The van der Waals surface area contributed by atoms with E-state index in [1.165, 1.54) is 12.1 Å². The van der Waals surface area contributed by atoms with Crippen LogP contribution in [0.3, 0.4) is 0 Å². The van der Waals surface area contributed by atoms with Crippen molar-refractivity contribution in [1.82, 2.24) is 0 Å². The van der Waals surface area contributed by atoms with E-state index in [0.29, 0.717) is 24.7 Å². The van der Waals surface area contributed by atoms with Crippen molar-refractivity contribution in [2.45, 2.75) is 12.8 Å². The largest absolute Gasteiger partial charge is 0.490 e. The quantitative estimate of drug-likeness (QED) is 0.794. The van der Waals surface area contributed by atoms with E-state index in [0.717, 1.165) is 18.5 Å². The molecule has 1 aliphatic rings. The predicted octanol–water partition coefficient (Wildman–Crippen LogP) is 3.63. The average molecular weight is 315 g/mol. The highest BCUT2D eigenvalue weighted by Gasteiger charge is 2.29. The van der Waals surface area contributed by atoms with E-state index < -0.39 is 0 Å². The fourth-order valence-corrected chi connectivity index (χ4v) is 2.10. The maximum atomic E-state index is 12.8. The Kier molecular flexibility index (Phi) is 4.76. The van der Waals surface area contributed by atoms with Gasteiger partial charge in [-0.15, -0.1) is 0 Å². The first-order valence-corrected chi connectivity index (χ1v) is 7.63. The Bertz CT molecular complexity index is 668. The lowest BCUT2D eigenvalue weighted by molar-refractivity contribution is -0.117. The minimum atomic E-state index is -0.293. The van der Waals surface area contributed by atoms with Gasteiger partial charge in [-0.3, -0.25) is 4.79 Å². The summed E-state index contributed by atoms with van der Waals surface area (Å²) in [6.07, 6.45) is 1.95. The van der Waals surface area contributed by atoms with Crippen molar-refractivity contribution >= 4 is 11.6 Å². The molecule has 4 nitrogen and oxygen atoms in total. The van der Waals surface area contributed by atoms with E-state index in [9.17, 15) is 9.18 Å². The zero-order valence-corrected chi connectivity index (χ0v) is 12.6. The smallest absolute Gasteiger partial charge is 0.227 e. The highest BCUT2D eigenvalue weighted by Crippen LogP contribution is 2.30. The van der Waals surface area contributed by atoms with E-state index >= 15 is 0 Å². The average Bonchev–Trinajstić information content (AvgIpc) is 3.39. The maximum Gasteiger partial charge on any atom is 0.227 e. The molecule has 3 rings (SSSR count). The van der Waals surface area contributed by atoms with Crippen molar-refractivity contribution in [2.75, 3.05) is 18.5 Å². The Morgan fingerprint density at radius 1 is 1.04 bits per heavy atom. The van der Waals surface area contributed by atoms with Gasteiger partial charge in [0, 0.05) is 17.7 Å². The minimum Gasteiger partial charge on any atom is -0.490 e. The Morgan fingerprint density at radius 3 is 2.43 bits per heavy atom. The van der Waals surface area contributed by atoms with Crippen LogP contribution in [0.15, 0.2) is 48.5 Å². The van der Waals surface area contributed by atoms with Gasteiger partial charge in [0.15, 0.2) is 0 Å². The zero-order chi connectivity index (χ0) is 16.1. The van der Waals surface area contributed by atoms with Crippen LogP contribution >= 0.6 is 0 Å². The van der Waals surface area contributed by atoms with E-state index in [1.807, 2.05) is 18.2 Å². The first-order chi connectivity index (χ1) is 11.2. The third kappa shape index (κ3) is 4.71. The van der Waals surface area contributed by atoms with E-state index in [1.54, 1.807) is 18.2 Å². The molecule has 1 N–H and O–H groups in total. The first kappa shape index (κ1) is 15.3. The second kappa shape index (κ2) is 7.13. The SMILES string of the molecule is O=C(Nc1cccc(OCCOc2ccc(F)cc2)c1)C1CC1. The molecule has 0 atom stereocenters. The second-order valence-corrected chi connectivity index (χ2v) is 5.44. The lowest BCUT2D eigenvalue weighted by Gasteiger charge is -2.10. The molecule has 1 fully saturated rings. The van der Waals surface area contributed by atoms with Crippen LogP contribution in [0.25, 0.3) is 0 Å². The number of ether oxygens (including phenoxy) is 2. The summed E-state index contributed by atoms with van der Waals surface area (Å²) in [5.41, 5.74) is 0.735. The number of halogens is 1. The molecule has 0 heterocycles. The Labute approximate surface area is 134 Å². The fraction of sp³-hybridized carbons (Fsp3) is 0.278.